The van der Waals surface area contributed by atoms with E-state index < -0.39 is 16.1 Å². The molecule has 2 rings (SSSR count). The summed E-state index contributed by atoms with van der Waals surface area (Å²) in [6.45, 7) is 2.18. The largest absolute Gasteiger partial charge is 0.374 e. The van der Waals surface area contributed by atoms with Gasteiger partial charge in [0.2, 0.25) is 15.9 Å². The number of amides is 1. The molecule has 0 aliphatic carbocycles. The lowest BCUT2D eigenvalue weighted by atomic mass is 10.1. The number of carbonyl (C=O) groups excluding carboxylic acids is 1. The van der Waals surface area contributed by atoms with E-state index in [9.17, 15) is 17.6 Å². The van der Waals surface area contributed by atoms with Crippen LogP contribution in [0.3, 0.4) is 0 Å². The first-order valence-electron chi connectivity index (χ1n) is 8.09. The van der Waals surface area contributed by atoms with Crippen molar-refractivity contribution < 1.29 is 17.6 Å². The Bertz CT molecular complexity index is 837. The molecule has 0 aliphatic heterocycles. The van der Waals surface area contributed by atoms with Crippen molar-refractivity contribution >= 4 is 27.3 Å². The van der Waals surface area contributed by atoms with Crippen molar-refractivity contribution in [2.75, 3.05) is 22.8 Å². The number of hydrogen-bond acceptors (Lipinski definition) is 4. The summed E-state index contributed by atoms with van der Waals surface area (Å²) in [6.07, 6.45) is 1.70. The Morgan fingerprint density at radius 2 is 1.62 bits per heavy atom. The summed E-state index contributed by atoms with van der Waals surface area (Å²) in [5.41, 5.74) is 2.10. The Labute approximate surface area is 152 Å². The zero-order valence-corrected chi connectivity index (χ0v) is 15.4. The average molecular weight is 379 g/mol. The van der Waals surface area contributed by atoms with Crippen LogP contribution < -0.4 is 15.4 Å². The van der Waals surface area contributed by atoms with E-state index in [0.717, 1.165) is 11.8 Å². The van der Waals surface area contributed by atoms with Crippen LogP contribution in [0.4, 0.5) is 15.8 Å². The van der Waals surface area contributed by atoms with Gasteiger partial charge in [0, 0.05) is 17.9 Å². The molecule has 0 aliphatic rings. The van der Waals surface area contributed by atoms with Crippen LogP contribution in [0, 0.1) is 5.82 Å². The standard InChI is InChI=1S/C18H22FN3O3S/c1-13(18(23)20-12-11-14-3-5-15(19)6-4-14)21-16-7-9-17(10-8-16)22-26(2,24)25/h3-10,13,21-22H,11-12H2,1-2H3,(H,20,23). The third-order valence-corrected chi connectivity index (χ3v) is 4.20. The molecule has 0 spiro atoms. The lowest BCUT2D eigenvalue weighted by molar-refractivity contribution is -0.121. The first kappa shape index (κ1) is 19.7. The number of hydrogen-bond donors (Lipinski definition) is 3. The molecule has 140 valence electrons. The molecule has 0 heterocycles. The zero-order valence-electron chi connectivity index (χ0n) is 14.6. The molecule has 6 nitrogen and oxygen atoms in total. The van der Waals surface area contributed by atoms with Crippen LogP contribution >= 0.6 is 0 Å². The molecule has 26 heavy (non-hydrogen) atoms. The molecule has 3 N–H and O–H groups in total. The molecular weight excluding hydrogens is 357 g/mol. The van der Waals surface area contributed by atoms with Gasteiger partial charge in [0.05, 0.1) is 6.26 Å². The van der Waals surface area contributed by atoms with Crippen molar-refractivity contribution in [3.8, 4) is 0 Å². The van der Waals surface area contributed by atoms with Crippen LogP contribution in [0.5, 0.6) is 0 Å². The average Bonchev–Trinajstić information content (AvgIpc) is 2.57. The molecular formula is C18H22FN3O3S. The Morgan fingerprint density at radius 3 is 2.19 bits per heavy atom. The van der Waals surface area contributed by atoms with Crippen LogP contribution in [0.2, 0.25) is 0 Å². The minimum absolute atomic E-state index is 0.162. The molecule has 0 radical (unpaired) electrons. The van der Waals surface area contributed by atoms with Gasteiger partial charge in [-0.25, -0.2) is 12.8 Å². The van der Waals surface area contributed by atoms with Crippen LogP contribution in [0.1, 0.15) is 12.5 Å². The summed E-state index contributed by atoms with van der Waals surface area (Å²) >= 11 is 0. The molecule has 1 amide bonds. The fraction of sp³-hybridized carbons (Fsp3) is 0.278. The van der Waals surface area contributed by atoms with Crippen molar-refractivity contribution in [3.63, 3.8) is 0 Å². The molecule has 1 atom stereocenters. The second kappa shape index (κ2) is 8.66. The van der Waals surface area contributed by atoms with Crippen molar-refractivity contribution in [3.05, 3.63) is 59.9 Å². The molecule has 2 aromatic rings. The predicted molar refractivity (Wildman–Crippen MR) is 101 cm³/mol. The number of halogens is 1. The van der Waals surface area contributed by atoms with E-state index >= 15 is 0 Å². The molecule has 0 saturated carbocycles. The van der Waals surface area contributed by atoms with E-state index in [2.05, 4.69) is 15.4 Å². The van der Waals surface area contributed by atoms with Crippen LogP contribution in [-0.2, 0) is 21.2 Å². The summed E-state index contributed by atoms with van der Waals surface area (Å²) in [6, 6.07) is 12.3. The maximum absolute atomic E-state index is 12.8. The Balaban J connectivity index is 1.80. The van der Waals surface area contributed by atoms with Gasteiger partial charge in [-0.1, -0.05) is 12.1 Å². The molecule has 0 aromatic heterocycles. The summed E-state index contributed by atoms with van der Waals surface area (Å²) in [5, 5.41) is 5.87. The number of benzene rings is 2. The van der Waals surface area contributed by atoms with Gasteiger partial charge in [-0.2, -0.15) is 0 Å². The van der Waals surface area contributed by atoms with E-state index in [1.807, 2.05) is 0 Å². The molecule has 2 aromatic carbocycles. The Morgan fingerprint density at radius 1 is 1.04 bits per heavy atom. The van der Waals surface area contributed by atoms with Crippen molar-refractivity contribution in [1.82, 2.24) is 5.32 Å². The van der Waals surface area contributed by atoms with Crippen LogP contribution in [-0.4, -0.2) is 33.2 Å². The minimum atomic E-state index is -3.32. The predicted octanol–water partition coefficient (Wildman–Crippen LogP) is 2.36. The van der Waals surface area contributed by atoms with Gasteiger partial charge in [-0.15, -0.1) is 0 Å². The molecule has 8 heteroatoms. The highest BCUT2D eigenvalue weighted by Crippen LogP contribution is 2.15. The van der Waals surface area contributed by atoms with Gasteiger partial charge in [0.1, 0.15) is 11.9 Å². The maximum atomic E-state index is 12.8. The Kier molecular flexibility index (Phi) is 6.57. The van der Waals surface area contributed by atoms with E-state index in [4.69, 9.17) is 0 Å². The molecule has 0 saturated heterocycles. The monoisotopic (exact) mass is 379 g/mol. The number of anilines is 2. The fourth-order valence-corrected chi connectivity index (χ4v) is 2.86. The second-order valence-electron chi connectivity index (χ2n) is 5.99. The summed E-state index contributed by atoms with van der Waals surface area (Å²) in [4.78, 5) is 12.1. The second-order valence-corrected chi connectivity index (χ2v) is 7.73. The first-order valence-corrected chi connectivity index (χ1v) is 9.98. The highest BCUT2D eigenvalue weighted by molar-refractivity contribution is 7.92. The van der Waals surface area contributed by atoms with Crippen molar-refractivity contribution in [2.24, 2.45) is 0 Å². The first-order chi connectivity index (χ1) is 12.2. The SMILES string of the molecule is CC(Nc1ccc(NS(C)(=O)=O)cc1)C(=O)NCCc1ccc(F)cc1. The van der Waals surface area contributed by atoms with Crippen molar-refractivity contribution in [2.45, 2.75) is 19.4 Å². The van der Waals surface area contributed by atoms with E-state index in [1.165, 1.54) is 12.1 Å². The van der Waals surface area contributed by atoms with E-state index in [1.54, 1.807) is 43.3 Å². The zero-order chi connectivity index (χ0) is 19.2. The number of rotatable bonds is 8. The summed E-state index contributed by atoms with van der Waals surface area (Å²) < 4.78 is 37.6. The van der Waals surface area contributed by atoms with Gasteiger partial charge in [0.25, 0.3) is 0 Å². The van der Waals surface area contributed by atoms with Gasteiger partial charge >= 0.3 is 0 Å². The maximum Gasteiger partial charge on any atom is 0.242 e. The lowest BCUT2D eigenvalue weighted by Gasteiger charge is -2.16. The quantitative estimate of drug-likeness (QED) is 0.657. The van der Waals surface area contributed by atoms with Crippen LogP contribution in [0.15, 0.2) is 48.5 Å². The molecule has 1 unspecified atom stereocenters. The van der Waals surface area contributed by atoms with E-state index in [0.29, 0.717) is 24.3 Å². The van der Waals surface area contributed by atoms with Crippen molar-refractivity contribution in [1.29, 1.82) is 0 Å². The van der Waals surface area contributed by atoms with E-state index in [-0.39, 0.29) is 11.7 Å². The lowest BCUT2D eigenvalue weighted by Crippen LogP contribution is -2.38. The summed E-state index contributed by atoms with van der Waals surface area (Å²) in [5.74, 6) is -0.446. The molecule has 0 fully saturated rings. The third kappa shape index (κ3) is 6.72. The smallest absolute Gasteiger partial charge is 0.242 e. The third-order valence-electron chi connectivity index (χ3n) is 3.59. The Hall–Kier alpha value is -2.61. The highest BCUT2D eigenvalue weighted by Gasteiger charge is 2.12. The van der Waals surface area contributed by atoms with Gasteiger partial charge < -0.3 is 10.6 Å². The topological polar surface area (TPSA) is 87.3 Å². The number of carbonyl (C=O) groups is 1. The fourth-order valence-electron chi connectivity index (χ4n) is 2.30. The summed E-state index contributed by atoms with van der Waals surface area (Å²) in [7, 11) is -3.32. The van der Waals surface area contributed by atoms with Gasteiger partial charge in [-0.3, -0.25) is 9.52 Å². The van der Waals surface area contributed by atoms with Gasteiger partial charge in [0.15, 0.2) is 0 Å². The number of sulfonamides is 1. The minimum Gasteiger partial charge on any atom is -0.374 e. The van der Waals surface area contributed by atoms with Crippen LogP contribution in [0.25, 0.3) is 0 Å². The molecule has 0 bridgehead atoms. The highest BCUT2D eigenvalue weighted by atomic mass is 32.2. The normalized spacial score (nSPS) is 12.3. The number of nitrogens with one attached hydrogen (secondary N) is 3. The van der Waals surface area contributed by atoms with Gasteiger partial charge in [-0.05, 0) is 55.3 Å².